The molecular weight excluding hydrogens is 497 g/mol. The minimum absolute atomic E-state index is 0.180. The van der Waals surface area contributed by atoms with Crippen molar-refractivity contribution in [1.29, 1.82) is 0 Å². The first-order chi connectivity index (χ1) is 17.6. The summed E-state index contributed by atoms with van der Waals surface area (Å²) in [4.78, 5) is 32.7. The Kier molecular flexibility index (Phi) is 7.82. The van der Waals surface area contributed by atoms with Crippen molar-refractivity contribution in [3.05, 3.63) is 46.3 Å². The van der Waals surface area contributed by atoms with E-state index in [4.69, 9.17) is 6.42 Å². The summed E-state index contributed by atoms with van der Waals surface area (Å²) < 4.78 is 36.2. The summed E-state index contributed by atoms with van der Waals surface area (Å²) >= 11 is 0. The van der Waals surface area contributed by atoms with Crippen LogP contribution in [0.5, 0.6) is 0 Å². The molecule has 1 fully saturated rings. The second-order valence-corrected chi connectivity index (χ2v) is 10.6. The van der Waals surface area contributed by atoms with Gasteiger partial charge in [0.1, 0.15) is 0 Å². The molecular formula is C26H30FN5O4S. The van der Waals surface area contributed by atoms with E-state index < -0.39 is 21.0 Å². The number of fused-ring (bicyclic) bond motifs is 1. The molecule has 0 saturated carbocycles. The van der Waals surface area contributed by atoms with Crippen LogP contribution in [0.3, 0.4) is 0 Å². The maximum absolute atomic E-state index is 13.5. The van der Waals surface area contributed by atoms with Crippen LogP contribution in [-0.2, 0) is 15.0 Å². The van der Waals surface area contributed by atoms with Crippen molar-refractivity contribution in [2.24, 2.45) is 0 Å². The van der Waals surface area contributed by atoms with Crippen molar-refractivity contribution in [2.45, 2.75) is 25.2 Å². The Morgan fingerprint density at radius 1 is 1.22 bits per heavy atom. The molecule has 2 aliphatic rings. The zero-order valence-electron chi connectivity index (χ0n) is 20.9. The number of amides is 2. The van der Waals surface area contributed by atoms with E-state index in [1.54, 1.807) is 19.9 Å². The molecule has 1 saturated heterocycles. The standard InChI is InChI=1S/C26H30FN5O4S/c1-4-9-31-11-13-32(14-12-31)10-5-8-28-26(34)24-17(2)23(29-18(24)3)16-21-20-15-19(37(27,35)36)6-7-22(20)30-25(21)33/h1,6-7,15-16,29H,5,8-14H2,2-3H3,(H,28,34)(H,30,33)/b21-16-. The van der Waals surface area contributed by atoms with Crippen LogP contribution in [0.4, 0.5) is 9.57 Å². The predicted octanol–water partition coefficient (Wildman–Crippen LogP) is 2.15. The number of halogens is 1. The van der Waals surface area contributed by atoms with Crippen molar-refractivity contribution < 1.29 is 21.9 Å². The lowest BCUT2D eigenvalue weighted by molar-refractivity contribution is -0.110. The van der Waals surface area contributed by atoms with E-state index in [0.717, 1.165) is 51.3 Å². The summed E-state index contributed by atoms with van der Waals surface area (Å²) in [6.07, 6.45) is 7.74. The van der Waals surface area contributed by atoms with Gasteiger partial charge in [0.05, 0.1) is 22.6 Å². The molecule has 0 aliphatic carbocycles. The van der Waals surface area contributed by atoms with Gasteiger partial charge in [-0.05, 0) is 56.7 Å². The average Bonchev–Trinajstić information content (AvgIpc) is 3.31. The highest BCUT2D eigenvalue weighted by atomic mass is 32.3. The number of piperazine rings is 1. The van der Waals surface area contributed by atoms with E-state index in [9.17, 15) is 21.9 Å². The van der Waals surface area contributed by atoms with Crippen LogP contribution in [0.15, 0.2) is 23.1 Å². The summed E-state index contributed by atoms with van der Waals surface area (Å²) in [5.74, 6) is 2.02. The number of aromatic nitrogens is 1. The molecule has 196 valence electrons. The second-order valence-electron chi connectivity index (χ2n) is 9.25. The minimum atomic E-state index is -4.92. The molecule has 37 heavy (non-hydrogen) atoms. The normalized spacial score (nSPS) is 17.5. The van der Waals surface area contributed by atoms with E-state index >= 15 is 0 Å². The van der Waals surface area contributed by atoms with Crippen molar-refractivity contribution in [3.63, 3.8) is 0 Å². The molecule has 0 spiro atoms. The quantitative estimate of drug-likeness (QED) is 0.210. The summed E-state index contributed by atoms with van der Waals surface area (Å²) in [5, 5.41) is 5.62. The fourth-order valence-electron chi connectivity index (χ4n) is 4.76. The Morgan fingerprint density at radius 2 is 1.92 bits per heavy atom. The van der Waals surface area contributed by atoms with E-state index in [1.165, 1.54) is 6.07 Å². The highest BCUT2D eigenvalue weighted by Gasteiger charge is 2.28. The van der Waals surface area contributed by atoms with E-state index in [1.807, 2.05) is 0 Å². The maximum atomic E-state index is 13.5. The number of terminal acetylenes is 1. The molecule has 11 heteroatoms. The van der Waals surface area contributed by atoms with Crippen LogP contribution in [0.1, 0.15) is 39.3 Å². The smallest absolute Gasteiger partial charge is 0.332 e. The first-order valence-corrected chi connectivity index (χ1v) is 13.4. The van der Waals surface area contributed by atoms with Crippen molar-refractivity contribution in [1.82, 2.24) is 20.1 Å². The minimum Gasteiger partial charge on any atom is -0.358 e. The summed E-state index contributed by atoms with van der Waals surface area (Å²) in [5.41, 5.74) is 3.18. The summed E-state index contributed by atoms with van der Waals surface area (Å²) in [6.45, 7) is 9.45. The Hall–Kier alpha value is -3.46. The van der Waals surface area contributed by atoms with Crippen LogP contribution < -0.4 is 10.6 Å². The van der Waals surface area contributed by atoms with Gasteiger partial charge in [0.15, 0.2) is 0 Å². The molecule has 3 heterocycles. The number of aromatic amines is 1. The van der Waals surface area contributed by atoms with Gasteiger partial charge in [-0.2, -0.15) is 8.42 Å². The molecule has 4 rings (SSSR count). The molecule has 3 N–H and O–H groups in total. The fourth-order valence-corrected chi connectivity index (χ4v) is 5.25. The molecule has 0 atom stereocenters. The van der Waals surface area contributed by atoms with Crippen LogP contribution >= 0.6 is 0 Å². The number of rotatable bonds is 8. The number of hydrogen-bond donors (Lipinski definition) is 3. The lowest BCUT2D eigenvalue weighted by atomic mass is 10.0. The van der Waals surface area contributed by atoms with Crippen molar-refractivity contribution in [2.75, 3.05) is 51.1 Å². The van der Waals surface area contributed by atoms with Crippen molar-refractivity contribution in [3.8, 4) is 12.3 Å². The molecule has 0 bridgehead atoms. The van der Waals surface area contributed by atoms with Crippen molar-refractivity contribution >= 4 is 39.4 Å². The highest BCUT2D eigenvalue weighted by molar-refractivity contribution is 7.86. The third-order valence-corrected chi connectivity index (χ3v) is 7.58. The zero-order chi connectivity index (χ0) is 26.7. The Morgan fingerprint density at radius 3 is 2.59 bits per heavy atom. The first-order valence-electron chi connectivity index (χ1n) is 12.1. The topological polar surface area (TPSA) is 115 Å². The van der Waals surface area contributed by atoms with Gasteiger partial charge in [0.2, 0.25) is 0 Å². The number of H-pyrrole nitrogens is 1. The van der Waals surface area contributed by atoms with Gasteiger partial charge in [0, 0.05) is 55.4 Å². The number of carbonyl (C=O) groups excluding carboxylic acids is 2. The van der Waals surface area contributed by atoms with Crippen LogP contribution in [0.2, 0.25) is 0 Å². The molecule has 0 unspecified atom stereocenters. The number of anilines is 1. The van der Waals surface area contributed by atoms with Gasteiger partial charge < -0.3 is 20.5 Å². The van der Waals surface area contributed by atoms with Crippen LogP contribution in [0.25, 0.3) is 11.6 Å². The predicted molar refractivity (Wildman–Crippen MR) is 140 cm³/mol. The third-order valence-electron chi connectivity index (χ3n) is 6.76. The number of nitrogens with one attached hydrogen (secondary N) is 3. The molecule has 1 aromatic carbocycles. The first kappa shape index (κ1) is 26.6. The Balaban J connectivity index is 1.41. The molecule has 2 aromatic rings. The average molecular weight is 528 g/mol. The lowest BCUT2D eigenvalue weighted by Crippen LogP contribution is -2.46. The molecule has 2 aliphatic heterocycles. The van der Waals surface area contributed by atoms with Gasteiger partial charge in [-0.1, -0.05) is 5.92 Å². The van der Waals surface area contributed by atoms with E-state index in [2.05, 4.69) is 31.3 Å². The van der Waals surface area contributed by atoms with Gasteiger partial charge in [-0.15, -0.1) is 10.3 Å². The monoisotopic (exact) mass is 527 g/mol. The molecule has 0 radical (unpaired) electrons. The van der Waals surface area contributed by atoms with Crippen LogP contribution in [0, 0.1) is 26.2 Å². The maximum Gasteiger partial charge on any atom is 0.332 e. The van der Waals surface area contributed by atoms with E-state index in [0.29, 0.717) is 41.3 Å². The molecule has 9 nitrogen and oxygen atoms in total. The fraction of sp³-hybridized carbons (Fsp3) is 0.385. The highest BCUT2D eigenvalue weighted by Crippen LogP contribution is 2.35. The van der Waals surface area contributed by atoms with Gasteiger partial charge in [-0.25, -0.2) is 0 Å². The van der Waals surface area contributed by atoms with Gasteiger partial charge in [0.25, 0.3) is 11.8 Å². The number of aryl methyl sites for hydroxylation is 1. The lowest BCUT2D eigenvalue weighted by Gasteiger charge is -2.33. The number of carbonyl (C=O) groups is 2. The summed E-state index contributed by atoms with van der Waals surface area (Å²) in [6, 6.07) is 3.58. The van der Waals surface area contributed by atoms with Crippen LogP contribution in [-0.4, -0.2) is 80.8 Å². The molecule has 2 amide bonds. The number of nitrogens with zero attached hydrogens (tertiary/aromatic N) is 2. The third kappa shape index (κ3) is 5.93. The summed E-state index contributed by atoms with van der Waals surface area (Å²) in [7, 11) is -4.92. The second kappa shape index (κ2) is 10.9. The van der Waals surface area contributed by atoms with E-state index in [-0.39, 0.29) is 17.0 Å². The zero-order valence-corrected chi connectivity index (χ0v) is 21.7. The van der Waals surface area contributed by atoms with Gasteiger partial charge in [-0.3, -0.25) is 14.5 Å². The molecule has 1 aromatic heterocycles. The SMILES string of the molecule is C#CCN1CCN(CCCNC(=O)c2c(C)[nH]c(/C=C3\C(=O)Nc4ccc(S(=O)(=O)F)cc43)c2C)CC1. The largest absolute Gasteiger partial charge is 0.358 e. The van der Waals surface area contributed by atoms with Gasteiger partial charge >= 0.3 is 10.2 Å². The Labute approximate surface area is 216 Å². The Bertz CT molecular complexity index is 1400. The number of hydrogen-bond acceptors (Lipinski definition) is 6. The number of benzene rings is 1.